The van der Waals surface area contributed by atoms with Crippen LogP contribution in [0, 0.1) is 0 Å². The van der Waals surface area contributed by atoms with Crippen molar-refractivity contribution in [1.82, 2.24) is 4.37 Å². The van der Waals surface area contributed by atoms with Crippen LogP contribution < -0.4 is 4.90 Å². The molecule has 3 aromatic rings. The second-order valence-corrected chi connectivity index (χ2v) is 6.17. The molecule has 0 aliphatic rings. The number of carbonyl (C=O) groups is 1. The molecule has 1 heterocycles. The molecule has 0 aliphatic heterocycles. The van der Waals surface area contributed by atoms with Crippen LogP contribution in [-0.4, -0.2) is 18.4 Å². The van der Waals surface area contributed by atoms with Gasteiger partial charge in [-0.2, -0.15) is 4.37 Å². The van der Waals surface area contributed by atoms with Crippen molar-refractivity contribution in [1.29, 1.82) is 0 Å². The van der Waals surface area contributed by atoms with Crippen LogP contribution in [0.15, 0.2) is 66.7 Å². The molecule has 3 rings (SSSR count). The summed E-state index contributed by atoms with van der Waals surface area (Å²) in [5.74, 6) is 0.436. The van der Waals surface area contributed by atoms with E-state index in [0.29, 0.717) is 4.88 Å². The summed E-state index contributed by atoms with van der Waals surface area (Å²) < 4.78 is 9.22. The molecule has 4 nitrogen and oxygen atoms in total. The fourth-order valence-electron chi connectivity index (χ4n) is 2.44. The molecule has 0 N–H and O–H groups in total. The predicted octanol–water partition coefficient (Wildman–Crippen LogP) is 3.05. The van der Waals surface area contributed by atoms with E-state index in [-0.39, 0.29) is 5.97 Å². The highest BCUT2D eigenvalue weighted by atomic mass is 32.1. The van der Waals surface area contributed by atoms with Crippen LogP contribution in [0.4, 0.5) is 5.82 Å². The van der Waals surface area contributed by atoms with Gasteiger partial charge in [0.25, 0.3) is 0 Å². The minimum Gasteiger partial charge on any atom is -0.539 e. The first-order valence-corrected chi connectivity index (χ1v) is 8.41. The Morgan fingerprint density at radius 3 is 2.04 bits per heavy atom. The lowest BCUT2D eigenvalue weighted by Gasteiger charge is -2.22. The average Bonchev–Trinajstić information content (AvgIpc) is 3.12. The van der Waals surface area contributed by atoms with Crippen LogP contribution in [0.3, 0.4) is 0 Å². The van der Waals surface area contributed by atoms with Gasteiger partial charge in [0.15, 0.2) is 0 Å². The maximum absolute atomic E-state index is 11.7. The van der Waals surface area contributed by atoms with E-state index >= 15 is 0 Å². The first-order valence-electron chi connectivity index (χ1n) is 7.64. The molecule has 0 atom stereocenters. The molecule has 0 spiro atoms. The average molecular weight is 336 g/mol. The summed E-state index contributed by atoms with van der Waals surface area (Å²) in [5.41, 5.74) is 2.39. The molecule has 0 fully saturated rings. The van der Waals surface area contributed by atoms with Gasteiger partial charge >= 0.3 is 14.0 Å². The fourth-order valence-corrected chi connectivity index (χ4v) is 3.11. The molecule has 1 aromatic heterocycles. The molecule has 0 amide bonds. The normalized spacial score (nSPS) is 10.3. The number of hydrogen-bond donors (Lipinski definition) is 0. The number of anilines is 1. The van der Waals surface area contributed by atoms with E-state index in [2.05, 4.69) is 33.5 Å². The lowest BCUT2D eigenvalue weighted by Crippen LogP contribution is -2.22. The van der Waals surface area contributed by atoms with Gasteiger partial charge in [-0.25, -0.2) is 4.79 Å². The molecule has 6 heteroatoms. The summed E-state index contributed by atoms with van der Waals surface area (Å²) in [6.07, 6.45) is 0. The Morgan fingerprint density at radius 2 is 1.54 bits per heavy atom. The minimum atomic E-state index is -0.349. The summed E-state index contributed by atoms with van der Waals surface area (Å²) in [6, 6.07) is 22.3. The zero-order valence-electron chi connectivity index (χ0n) is 13.4. The molecule has 0 aliphatic carbocycles. The van der Waals surface area contributed by atoms with E-state index in [1.807, 2.05) is 36.4 Å². The highest BCUT2D eigenvalue weighted by molar-refractivity contribution is 7.08. The van der Waals surface area contributed by atoms with Crippen molar-refractivity contribution < 1.29 is 9.45 Å². The van der Waals surface area contributed by atoms with Gasteiger partial charge in [-0.1, -0.05) is 60.7 Å². The van der Waals surface area contributed by atoms with Gasteiger partial charge in [0.05, 0.1) is 0 Å². The van der Waals surface area contributed by atoms with E-state index in [1.165, 1.54) is 30.7 Å². The summed E-state index contributed by atoms with van der Waals surface area (Å²) >= 11 is 1.17. The van der Waals surface area contributed by atoms with Gasteiger partial charge in [-0.05, 0) is 22.7 Å². The van der Waals surface area contributed by atoms with E-state index in [1.54, 1.807) is 6.07 Å². The fraction of sp³-hybridized carbons (Fsp3) is 0.111. The molecule has 2 aromatic carbocycles. The van der Waals surface area contributed by atoms with E-state index in [0.717, 1.165) is 18.9 Å². The zero-order valence-corrected chi connectivity index (χ0v) is 14.2. The van der Waals surface area contributed by atoms with Gasteiger partial charge in [-0.3, -0.25) is 0 Å². The number of nitrogens with zero attached hydrogens (tertiary/aromatic N) is 2. The monoisotopic (exact) mass is 336 g/mol. The van der Waals surface area contributed by atoms with Crippen LogP contribution in [-0.2, 0) is 17.7 Å². The maximum Gasteiger partial charge on any atom is 0.331 e. The molecule has 120 valence electrons. The van der Waals surface area contributed by atoms with Crippen molar-refractivity contribution in [3.63, 3.8) is 0 Å². The van der Waals surface area contributed by atoms with E-state index in [4.69, 9.17) is 4.65 Å². The van der Waals surface area contributed by atoms with Crippen molar-refractivity contribution in [2.45, 2.75) is 13.1 Å². The molecule has 0 saturated carbocycles. The van der Waals surface area contributed by atoms with E-state index < -0.39 is 0 Å². The summed E-state index contributed by atoms with van der Waals surface area (Å²) in [7, 11) is 1.38. The highest BCUT2D eigenvalue weighted by Gasteiger charge is 2.16. The Kier molecular flexibility index (Phi) is 5.28. The molecule has 24 heavy (non-hydrogen) atoms. The highest BCUT2D eigenvalue weighted by Crippen LogP contribution is 2.23. The third kappa shape index (κ3) is 4.03. The Bertz CT molecular complexity index is 752. The molecule has 0 saturated heterocycles. The van der Waals surface area contributed by atoms with Crippen LogP contribution in [0.25, 0.3) is 0 Å². The lowest BCUT2D eigenvalue weighted by atomic mass is 10.1. The topological polar surface area (TPSA) is 42.4 Å². The number of rotatable bonds is 6. The largest absolute Gasteiger partial charge is 0.539 e. The zero-order chi connectivity index (χ0) is 16.8. The Hall–Kier alpha value is -2.60. The number of hydrogen-bond acceptors (Lipinski definition) is 5. The number of carbonyl (C=O) groups excluding carboxylic acids is 1. The van der Waals surface area contributed by atoms with Crippen molar-refractivity contribution in [2.24, 2.45) is 0 Å². The van der Waals surface area contributed by atoms with Crippen LogP contribution >= 0.6 is 11.5 Å². The van der Waals surface area contributed by atoms with Crippen LogP contribution in [0.1, 0.15) is 20.8 Å². The van der Waals surface area contributed by atoms with E-state index in [9.17, 15) is 4.79 Å². The maximum atomic E-state index is 11.7. The first kappa shape index (κ1) is 16.3. The van der Waals surface area contributed by atoms with Crippen molar-refractivity contribution in [3.05, 3.63) is 82.7 Å². The standard InChI is InChI=1S/C18H17BN2O2S/c19-23-18(22)16-11-17(20-24-16)21(12-14-7-3-1-4-8-14)13-15-9-5-2-6-10-15/h1-11H,12-13,19H2. The number of aromatic nitrogens is 1. The number of benzene rings is 2. The lowest BCUT2D eigenvalue weighted by molar-refractivity contribution is 0.0754. The molecular weight excluding hydrogens is 319 g/mol. The third-order valence-electron chi connectivity index (χ3n) is 3.64. The van der Waals surface area contributed by atoms with Gasteiger partial charge < -0.3 is 9.55 Å². The predicted molar refractivity (Wildman–Crippen MR) is 98.8 cm³/mol. The smallest absolute Gasteiger partial charge is 0.331 e. The van der Waals surface area contributed by atoms with Gasteiger partial charge in [0, 0.05) is 19.2 Å². The third-order valence-corrected chi connectivity index (χ3v) is 4.40. The van der Waals surface area contributed by atoms with Crippen molar-refractivity contribution in [3.8, 4) is 0 Å². The van der Waals surface area contributed by atoms with Gasteiger partial charge in [0.1, 0.15) is 10.7 Å². The molecule has 0 bridgehead atoms. The SMILES string of the molecule is BOC(=O)c1cc(N(Cc2ccccc2)Cc2ccccc2)ns1. The molecule has 0 radical (unpaired) electrons. The molecular formula is C18H17BN2O2S. The van der Waals surface area contributed by atoms with Crippen LogP contribution in [0.2, 0.25) is 0 Å². The summed E-state index contributed by atoms with van der Waals surface area (Å²) in [4.78, 5) is 14.4. The van der Waals surface area contributed by atoms with Gasteiger partial charge in [0.2, 0.25) is 0 Å². The van der Waals surface area contributed by atoms with Gasteiger partial charge in [-0.15, -0.1) is 0 Å². The Labute approximate surface area is 146 Å². The second-order valence-electron chi connectivity index (χ2n) is 5.37. The van der Waals surface area contributed by atoms with Crippen LogP contribution in [0.5, 0.6) is 0 Å². The first-order chi connectivity index (χ1) is 11.8. The minimum absolute atomic E-state index is 0.349. The molecule has 0 unspecified atom stereocenters. The Balaban J connectivity index is 1.86. The van der Waals surface area contributed by atoms with Crippen molar-refractivity contribution >= 4 is 31.4 Å². The Morgan fingerprint density at radius 1 is 1.00 bits per heavy atom. The quantitative estimate of drug-likeness (QED) is 0.649. The summed E-state index contributed by atoms with van der Waals surface area (Å²) in [5, 5.41) is 0. The second kappa shape index (κ2) is 7.79. The van der Waals surface area contributed by atoms with Crippen molar-refractivity contribution in [2.75, 3.05) is 4.90 Å². The summed E-state index contributed by atoms with van der Waals surface area (Å²) in [6.45, 7) is 1.44.